The molecule has 0 aliphatic heterocycles. The largest absolute Gasteiger partial charge is 0.265 e. The van der Waals surface area contributed by atoms with Crippen molar-refractivity contribution in [3.63, 3.8) is 0 Å². The van der Waals surface area contributed by atoms with Crippen molar-refractivity contribution >= 4 is 5.52 Å². The van der Waals surface area contributed by atoms with Gasteiger partial charge in [-0.2, -0.15) is 0 Å². The van der Waals surface area contributed by atoms with E-state index in [1.54, 1.807) is 12.4 Å². The van der Waals surface area contributed by atoms with Gasteiger partial charge >= 0.3 is 0 Å². The third-order valence-electron chi connectivity index (χ3n) is 2.46. The van der Waals surface area contributed by atoms with Gasteiger partial charge in [0.2, 0.25) is 6.33 Å². The number of fused-ring (bicyclic) bond motifs is 1. The van der Waals surface area contributed by atoms with E-state index in [-0.39, 0.29) is 0 Å². The van der Waals surface area contributed by atoms with Gasteiger partial charge in [0, 0.05) is 18.0 Å². The SMILES string of the molecule is c1cc[n+]2c[nH]c(-c3ccncc3)c2c1. The van der Waals surface area contributed by atoms with Gasteiger partial charge in [0.15, 0.2) is 11.2 Å². The van der Waals surface area contributed by atoms with Crippen LogP contribution >= 0.6 is 0 Å². The van der Waals surface area contributed by atoms with Crippen LogP contribution in [0.5, 0.6) is 0 Å². The zero-order valence-corrected chi connectivity index (χ0v) is 8.09. The molecule has 0 aromatic carbocycles. The van der Waals surface area contributed by atoms with E-state index in [0.717, 1.165) is 11.3 Å². The number of aromatic nitrogens is 3. The third kappa shape index (κ3) is 1.29. The molecular formula is C12H10N3+. The molecule has 3 heteroatoms. The Balaban J connectivity index is 2.28. The Morgan fingerprint density at radius 2 is 1.93 bits per heavy atom. The first-order valence-corrected chi connectivity index (χ1v) is 4.83. The van der Waals surface area contributed by atoms with Gasteiger partial charge in [0.25, 0.3) is 0 Å². The van der Waals surface area contributed by atoms with Gasteiger partial charge in [-0.1, -0.05) is 6.07 Å². The monoisotopic (exact) mass is 196 g/mol. The van der Waals surface area contributed by atoms with E-state index in [1.807, 2.05) is 36.8 Å². The lowest BCUT2D eigenvalue weighted by Gasteiger charge is -1.92. The molecule has 3 nitrogen and oxygen atoms in total. The molecule has 0 unspecified atom stereocenters. The molecule has 0 aliphatic carbocycles. The van der Waals surface area contributed by atoms with E-state index in [9.17, 15) is 0 Å². The van der Waals surface area contributed by atoms with Crippen LogP contribution in [-0.2, 0) is 0 Å². The molecule has 3 rings (SSSR count). The van der Waals surface area contributed by atoms with Crippen molar-refractivity contribution in [2.24, 2.45) is 0 Å². The maximum absolute atomic E-state index is 4.01. The van der Waals surface area contributed by atoms with E-state index < -0.39 is 0 Å². The summed E-state index contributed by atoms with van der Waals surface area (Å²) in [6, 6.07) is 10.1. The second-order valence-electron chi connectivity index (χ2n) is 3.38. The molecule has 3 heterocycles. The van der Waals surface area contributed by atoms with Crippen LogP contribution in [0.4, 0.5) is 0 Å². The Kier molecular flexibility index (Phi) is 1.75. The van der Waals surface area contributed by atoms with Gasteiger partial charge in [-0.3, -0.25) is 4.98 Å². The Morgan fingerprint density at radius 3 is 2.80 bits per heavy atom. The topological polar surface area (TPSA) is 32.8 Å². The van der Waals surface area contributed by atoms with Gasteiger partial charge in [-0.15, -0.1) is 0 Å². The fraction of sp³-hybridized carbons (Fsp3) is 0. The Morgan fingerprint density at radius 1 is 1.07 bits per heavy atom. The summed E-state index contributed by atoms with van der Waals surface area (Å²) in [5.74, 6) is 0. The number of nitrogens with one attached hydrogen (secondary N) is 1. The third-order valence-corrected chi connectivity index (χ3v) is 2.46. The molecule has 0 atom stereocenters. The normalized spacial score (nSPS) is 10.7. The fourth-order valence-corrected chi connectivity index (χ4v) is 1.74. The minimum absolute atomic E-state index is 1.12. The minimum atomic E-state index is 1.12. The van der Waals surface area contributed by atoms with Crippen molar-refractivity contribution < 1.29 is 4.40 Å². The van der Waals surface area contributed by atoms with Crippen LogP contribution < -0.4 is 4.40 Å². The molecular weight excluding hydrogens is 186 g/mol. The number of hydrogen-bond donors (Lipinski definition) is 1. The lowest BCUT2D eigenvalue weighted by Crippen LogP contribution is -2.15. The molecule has 0 radical (unpaired) electrons. The molecule has 72 valence electrons. The lowest BCUT2D eigenvalue weighted by atomic mass is 10.2. The second kappa shape index (κ2) is 3.20. The van der Waals surface area contributed by atoms with Crippen molar-refractivity contribution in [1.82, 2.24) is 9.97 Å². The highest BCUT2D eigenvalue weighted by molar-refractivity contribution is 5.73. The quantitative estimate of drug-likeness (QED) is 0.591. The average molecular weight is 196 g/mol. The number of hydrogen-bond acceptors (Lipinski definition) is 1. The van der Waals surface area contributed by atoms with Crippen molar-refractivity contribution in [3.05, 3.63) is 55.2 Å². The van der Waals surface area contributed by atoms with Crippen molar-refractivity contribution in [3.8, 4) is 11.3 Å². The number of nitrogens with zero attached hydrogens (tertiary/aromatic N) is 2. The molecule has 0 saturated carbocycles. The molecule has 3 aromatic rings. The Labute approximate surface area is 87.0 Å². The smallest absolute Gasteiger partial charge is 0.247 e. The minimum Gasteiger partial charge on any atom is -0.265 e. The Hall–Kier alpha value is -2.16. The van der Waals surface area contributed by atoms with Crippen molar-refractivity contribution in [1.29, 1.82) is 0 Å². The zero-order chi connectivity index (χ0) is 10.1. The first-order valence-electron chi connectivity index (χ1n) is 4.83. The Bertz CT molecular complexity index is 584. The van der Waals surface area contributed by atoms with E-state index >= 15 is 0 Å². The lowest BCUT2D eigenvalue weighted by molar-refractivity contribution is -0.510. The molecule has 0 fully saturated rings. The van der Waals surface area contributed by atoms with Gasteiger partial charge in [-0.25, -0.2) is 9.38 Å². The summed E-state index contributed by atoms with van der Waals surface area (Å²) in [7, 11) is 0. The summed E-state index contributed by atoms with van der Waals surface area (Å²) in [6.45, 7) is 0. The summed E-state index contributed by atoms with van der Waals surface area (Å²) >= 11 is 0. The number of imidazole rings is 1. The highest BCUT2D eigenvalue weighted by Gasteiger charge is 2.11. The van der Waals surface area contributed by atoms with E-state index in [1.165, 1.54) is 5.52 Å². The van der Waals surface area contributed by atoms with Crippen LogP contribution in [0.3, 0.4) is 0 Å². The number of rotatable bonds is 1. The highest BCUT2D eigenvalue weighted by atomic mass is 15.0. The number of H-pyrrole nitrogens is 1. The molecule has 0 amide bonds. The average Bonchev–Trinajstić information content (AvgIpc) is 2.74. The summed E-state index contributed by atoms with van der Waals surface area (Å²) in [6.07, 6.45) is 7.58. The van der Waals surface area contributed by atoms with Gasteiger partial charge < -0.3 is 0 Å². The van der Waals surface area contributed by atoms with E-state index in [0.29, 0.717) is 0 Å². The molecule has 1 N–H and O–H groups in total. The van der Waals surface area contributed by atoms with E-state index in [4.69, 9.17) is 0 Å². The first kappa shape index (κ1) is 8.17. The van der Waals surface area contributed by atoms with Crippen molar-refractivity contribution in [2.45, 2.75) is 0 Å². The standard InChI is InChI=1S/C12H9N3/c1-2-8-15-9-14-12(11(15)3-1)10-4-6-13-7-5-10/h1-9H/p+1. The van der Waals surface area contributed by atoms with Gasteiger partial charge in [0.05, 0.1) is 6.20 Å². The number of aromatic amines is 1. The van der Waals surface area contributed by atoms with Crippen LogP contribution in [0, 0.1) is 0 Å². The van der Waals surface area contributed by atoms with E-state index in [2.05, 4.69) is 20.4 Å². The zero-order valence-electron chi connectivity index (χ0n) is 8.09. The number of pyridine rings is 2. The van der Waals surface area contributed by atoms with Crippen LogP contribution in [0.1, 0.15) is 0 Å². The summed E-state index contributed by atoms with van der Waals surface area (Å²) < 4.78 is 2.07. The molecule has 0 aliphatic rings. The summed E-state index contributed by atoms with van der Waals surface area (Å²) in [4.78, 5) is 7.28. The van der Waals surface area contributed by atoms with Crippen molar-refractivity contribution in [2.75, 3.05) is 0 Å². The molecule has 0 saturated heterocycles. The summed E-state index contributed by atoms with van der Waals surface area (Å²) in [5.41, 5.74) is 3.44. The summed E-state index contributed by atoms with van der Waals surface area (Å²) in [5, 5.41) is 0. The van der Waals surface area contributed by atoms with Crippen LogP contribution in [0.25, 0.3) is 16.8 Å². The van der Waals surface area contributed by atoms with Crippen LogP contribution in [-0.4, -0.2) is 9.97 Å². The molecule has 3 aromatic heterocycles. The first-order chi connectivity index (χ1) is 7.45. The van der Waals surface area contributed by atoms with Gasteiger partial charge in [-0.05, 0) is 24.3 Å². The molecule has 0 bridgehead atoms. The molecule has 0 spiro atoms. The van der Waals surface area contributed by atoms with Crippen LogP contribution in [0.2, 0.25) is 0 Å². The highest BCUT2D eigenvalue weighted by Crippen LogP contribution is 2.18. The maximum atomic E-state index is 4.01. The predicted octanol–water partition coefficient (Wildman–Crippen LogP) is 1.82. The predicted molar refractivity (Wildman–Crippen MR) is 57.2 cm³/mol. The fourth-order valence-electron chi connectivity index (χ4n) is 1.74. The van der Waals surface area contributed by atoms with Crippen LogP contribution in [0.15, 0.2) is 55.2 Å². The van der Waals surface area contributed by atoms with Gasteiger partial charge in [0.1, 0.15) is 0 Å². The molecule has 15 heavy (non-hydrogen) atoms. The maximum Gasteiger partial charge on any atom is 0.247 e. The second-order valence-corrected chi connectivity index (χ2v) is 3.38.